The molecule has 2 heterocycles. The third-order valence-electron chi connectivity index (χ3n) is 2.81. The van der Waals surface area contributed by atoms with E-state index in [1.165, 1.54) is 5.56 Å². The van der Waals surface area contributed by atoms with Crippen LogP contribution >= 0.6 is 22.7 Å². The highest BCUT2D eigenvalue weighted by Gasteiger charge is 2.04. The minimum Gasteiger partial charge on any atom is -0.360 e. The highest BCUT2D eigenvalue weighted by Crippen LogP contribution is 2.18. The summed E-state index contributed by atoms with van der Waals surface area (Å²) in [6.07, 6.45) is 1.75. The number of rotatable bonds is 6. The normalized spacial score (nSPS) is 10.6. The van der Waals surface area contributed by atoms with Gasteiger partial charge in [-0.25, -0.2) is 4.98 Å². The maximum Gasteiger partial charge on any atom is 0.205 e. The fourth-order valence-electron chi connectivity index (χ4n) is 1.83. The van der Waals surface area contributed by atoms with E-state index < -0.39 is 0 Å². The van der Waals surface area contributed by atoms with Crippen molar-refractivity contribution < 1.29 is 0 Å². The Bertz CT molecular complexity index is 634. The molecule has 0 radical (unpaired) electrons. The maximum atomic E-state index is 4.25. The lowest BCUT2D eigenvalue weighted by Crippen LogP contribution is -2.04. The summed E-state index contributed by atoms with van der Waals surface area (Å²) in [5, 5.41) is 15.7. The Morgan fingerprint density at radius 3 is 2.80 bits per heavy atom. The molecular weight excluding hydrogens is 288 g/mol. The lowest BCUT2D eigenvalue weighted by Gasteiger charge is -1.98. The molecule has 0 unspecified atom stereocenters. The second kappa shape index (κ2) is 6.58. The van der Waals surface area contributed by atoms with Crippen molar-refractivity contribution in [2.75, 3.05) is 11.9 Å². The van der Waals surface area contributed by atoms with Crippen molar-refractivity contribution in [2.24, 2.45) is 0 Å². The number of nitrogens with one attached hydrogen (secondary N) is 1. The van der Waals surface area contributed by atoms with Crippen molar-refractivity contribution in [1.29, 1.82) is 0 Å². The van der Waals surface area contributed by atoms with Crippen molar-refractivity contribution in [2.45, 2.75) is 12.8 Å². The third-order valence-corrected chi connectivity index (χ3v) is 4.32. The van der Waals surface area contributed by atoms with Gasteiger partial charge in [-0.1, -0.05) is 41.7 Å². The van der Waals surface area contributed by atoms with Crippen LogP contribution in [0, 0.1) is 0 Å². The van der Waals surface area contributed by atoms with Gasteiger partial charge < -0.3 is 5.32 Å². The van der Waals surface area contributed by atoms with E-state index in [2.05, 4.69) is 38.0 Å². The largest absolute Gasteiger partial charge is 0.360 e. The Labute approximate surface area is 125 Å². The van der Waals surface area contributed by atoms with Gasteiger partial charge in [0, 0.05) is 24.8 Å². The number of hydrogen-bond acceptors (Lipinski definition) is 6. The van der Waals surface area contributed by atoms with Gasteiger partial charge in [0.1, 0.15) is 5.01 Å². The molecule has 102 valence electrons. The second-order valence-electron chi connectivity index (χ2n) is 4.32. The van der Waals surface area contributed by atoms with Crippen LogP contribution in [0.5, 0.6) is 0 Å². The lowest BCUT2D eigenvalue weighted by molar-refractivity contribution is 0.953. The van der Waals surface area contributed by atoms with Crippen LogP contribution in [0.1, 0.15) is 16.3 Å². The molecule has 0 aliphatic rings. The topological polar surface area (TPSA) is 50.7 Å². The molecule has 0 spiro atoms. The summed E-state index contributed by atoms with van der Waals surface area (Å²) >= 11 is 3.24. The van der Waals surface area contributed by atoms with Crippen LogP contribution in [0.3, 0.4) is 0 Å². The van der Waals surface area contributed by atoms with Gasteiger partial charge in [-0.15, -0.1) is 21.5 Å². The molecule has 0 fully saturated rings. The first-order valence-electron chi connectivity index (χ1n) is 6.37. The third kappa shape index (κ3) is 3.61. The molecule has 0 aliphatic carbocycles. The quantitative estimate of drug-likeness (QED) is 0.759. The zero-order valence-corrected chi connectivity index (χ0v) is 12.5. The molecule has 6 heteroatoms. The molecule has 3 aromatic rings. The molecule has 3 rings (SSSR count). The second-order valence-corrected chi connectivity index (χ2v) is 6.10. The number of thiazole rings is 1. The van der Waals surface area contributed by atoms with Crippen LogP contribution in [0.4, 0.5) is 5.13 Å². The molecule has 0 atom stereocenters. The smallest absolute Gasteiger partial charge is 0.205 e. The number of benzene rings is 1. The van der Waals surface area contributed by atoms with Gasteiger partial charge in [0.15, 0.2) is 0 Å². The van der Waals surface area contributed by atoms with Crippen LogP contribution in [0.15, 0.2) is 41.2 Å². The monoisotopic (exact) mass is 302 g/mol. The molecule has 20 heavy (non-hydrogen) atoms. The van der Waals surface area contributed by atoms with Crippen molar-refractivity contribution in [3.05, 3.63) is 57.5 Å². The number of hydrogen-bond donors (Lipinski definition) is 1. The van der Waals surface area contributed by atoms with Crippen LogP contribution in [-0.2, 0) is 12.8 Å². The molecule has 0 bridgehead atoms. The van der Waals surface area contributed by atoms with Crippen LogP contribution in [0.2, 0.25) is 0 Å². The standard InChI is InChI=1S/C14H14N4S2/c1-2-4-11(5-3-1)8-13-17-18-14(20-13)15-7-6-12-9-19-10-16-12/h1-5,9-10H,6-8H2,(H,15,18). The number of aromatic nitrogens is 3. The summed E-state index contributed by atoms with van der Waals surface area (Å²) in [7, 11) is 0. The highest BCUT2D eigenvalue weighted by molar-refractivity contribution is 7.15. The molecular formula is C14H14N4S2. The van der Waals surface area contributed by atoms with Crippen molar-refractivity contribution in [3.63, 3.8) is 0 Å². The van der Waals surface area contributed by atoms with Crippen LogP contribution in [-0.4, -0.2) is 21.7 Å². The van der Waals surface area contributed by atoms with E-state index in [0.717, 1.165) is 35.2 Å². The minimum absolute atomic E-state index is 0.837. The van der Waals surface area contributed by atoms with Gasteiger partial charge in [-0.2, -0.15) is 0 Å². The average molecular weight is 302 g/mol. The molecule has 0 aliphatic heterocycles. The van der Waals surface area contributed by atoms with Gasteiger partial charge in [-0.3, -0.25) is 0 Å². The van der Waals surface area contributed by atoms with Gasteiger partial charge in [0.2, 0.25) is 5.13 Å². The van der Waals surface area contributed by atoms with Crippen molar-refractivity contribution in [3.8, 4) is 0 Å². The number of nitrogens with zero attached hydrogens (tertiary/aromatic N) is 3. The Kier molecular flexibility index (Phi) is 4.35. The molecule has 1 aromatic carbocycles. The average Bonchev–Trinajstić information content (AvgIpc) is 3.12. The van der Waals surface area contributed by atoms with E-state index in [1.807, 2.05) is 23.7 Å². The molecule has 0 amide bonds. The molecule has 4 nitrogen and oxygen atoms in total. The first kappa shape index (κ1) is 13.2. The Morgan fingerprint density at radius 1 is 1.10 bits per heavy atom. The summed E-state index contributed by atoms with van der Waals surface area (Å²) in [6.45, 7) is 0.837. The van der Waals surface area contributed by atoms with Gasteiger partial charge in [-0.05, 0) is 5.56 Å². The fourth-order valence-corrected chi connectivity index (χ4v) is 3.22. The molecule has 1 N–H and O–H groups in total. The predicted molar refractivity (Wildman–Crippen MR) is 83.5 cm³/mol. The summed E-state index contributed by atoms with van der Waals surface area (Å²) in [5.74, 6) is 0. The summed E-state index contributed by atoms with van der Waals surface area (Å²) in [4.78, 5) is 4.25. The van der Waals surface area contributed by atoms with Crippen molar-refractivity contribution in [1.82, 2.24) is 15.2 Å². The number of anilines is 1. The van der Waals surface area contributed by atoms with E-state index in [9.17, 15) is 0 Å². The van der Waals surface area contributed by atoms with Crippen LogP contribution < -0.4 is 5.32 Å². The zero-order valence-electron chi connectivity index (χ0n) is 10.8. The Hall–Kier alpha value is -1.79. The molecule has 0 saturated carbocycles. The molecule has 2 aromatic heterocycles. The zero-order chi connectivity index (χ0) is 13.6. The van der Waals surface area contributed by atoms with E-state index in [4.69, 9.17) is 0 Å². The summed E-state index contributed by atoms with van der Waals surface area (Å²) in [6, 6.07) is 10.3. The minimum atomic E-state index is 0.837. The summed E-state index contributed by atoms with van der Waals surface area (Å²) < 4.78 is 0. The molecule has 0 saturated heterocycles. The van der Waals surface area contributed by atoms with E-state index in [-0.39, 0.29) is 0 Å². The van der Waals surface area contributed by atoms with E-state index in [0.29, 0.717) is 0 Å². The van der Waals surface area contributed by atoms with Crippen molar-refractivity contribution >= 4 is 27.8 Å². The van der Waals surface area contributed by atoms with Crippen LogP contribution in [0.25, 0.3) is 0 Å². The SMILES string of the molecule is c1ccc(Cc2nnc(NCCc3cscn3)s2)cc1. The maximum absolute atomic E-state index is 4.25. The Balaban J connectivity index is 1.52. The summed E-state index contributed by atoms with van der Waals surface area (Å²) in [5.41, 5.74) is 4.24. The van der Waals surface area contributed by atoms with E-state index in [1.54, 1.807) is 22.7 Å². The van der Waals surface area contributed by atoms with Gasteiger partial charge in [0.05, 0.1) is 11.2 Å². The van der Waals surface area contributed by atoms with Gasteiger partial charge >= 0.3 is 0 Å². The first-order chi connectivity index (χ1) is 9.90. The predicted octanol–water partition coefficient (Wildman–Crippen LogP) is 3.24. The Morgan fingerprint density at radius 2 is 2.00 bits per heavy atom. The van der Waals surface area contributed by atoms with E-state index >= 15 is 0 Å². The fraction of sp³-hybridized carbons (Fsp3) is 0.214. The first-order valence-corrected chi connectivity index (χ1v) is 8.13. The highest BCUT2D eigenvalue weighted by atomic mass is 32.1. The van der Waals surface area contributed by atoms with Gasteiger partial charge in [0.25, 0.3) is 0 Å². The lowest BCUT2D eigenvalue weighted by atomic mass is 10.2.